The number of aliphatic carboxylic acids is 1. The van der Waals surface area contributed by atoms with E-state index in [1.54, 1.807) is 6.92 Å². The molecule has 3 heteroatoms. The fourth-order valence-corrected chi connectivity index (χ4v) is 1.26. The summed E-state index contributed by atoms with van der Waals surface area (Å²) in [6.07, 6.45) is 9.85. The van der Waals surface area contributed by atoms with Crippen LogP contribution >= 0.6 is 0 Å². The molecule has 0 spiro atoms. The number of rotatable bonds is 2. The molecule has 0 aromatic heterocycles. The van der Waals surface area contributed by atoms with Crippen LogP contribution in [0.2, 0.25) is 0 Å². The Balaban J connectivity index is 0. The number of carbonyl (C=O) groups excluding carboxylic acids is 1. The standard InChI is InChI=1S/C6H12.C4H8O2.Li/c1-2-4-6-5-3-1;1-2-3-4(5)6;/h1-6H2;2-3H2,1H3,(H,5,6);/q;;+1/p-1. The van der Waals surface area contributed by atoms with Gasteiger partial charge >= 0.3 is 18.9 Å². The zero-order chi connectivity index (χ0) is 9.23. The van der Waals surface area contributed by atoms with Gasteiger partial charge in [-0.25, -0.2) is 0 Å². The zero-order valence-corrected chi connectivity index (χ0v) is 8.97. The van der Waals surface area contributed by atoms with Crippen molar-refractivity contribution in [2.75, 3.05) is 0 Å². The Morgan fingerprint density at radius 2 is 1.38 bits per heavy atom. The van der Waals surface area contributed by atoms with Gasteiger partial charge in [0.25, 0.3) is 0 Å². The van der Waals surface area contributed by atoms with Crippen molar-refractivity contribution < 1.29 is 28.8 Å². The average Bonchev–Trinajstić information content (AvgIpc) is 2.08. The molecule has 0 radical (unpaired) electrons. The van der Waals surface area contributed by atoms with Crippen LogP contribution in [-0.2, 0) is 4.79 Å². The van der Waals surface area contributed by atoms with Gasteiger partial charge in [-0.1, -0.05) is 51.9 Å². The van der Waals surface area contributed by atoms with Crippen LogP contribution < -0.4 is 24.0 Å². The molecular weight excluding hydrogens is 159 g/mol. The maximum absolute atomic E-state index is 9.49. The van der Waals surface area contributed by atoms with Crippen molar-refractivity contribution in [2.24, 2.45) is 0 Å². The van der Waals surface area contributed by atoms with E-state index in [4.69, 9.17) is 0 Å². The molecule has 0 aromatic carbocycles. The van der Waals surface area contributed by atoms with Crippen molar-refractivity contribution >= 4 is 5.97 Å². The molecule has 0 atom stereocenters. The molecule has 72 valence electrons. The largest absolute Gasteiger partial charge is 1.00 e. The Kier molecular flexibility index (Phi) is 14.4. The van der Waals surface area contributed by atoms with Gasteiger partial charge in [0.05, 0.1) is 0 Å². The van der Waals surface area contributed by atoms with Crippen LogP contribution in [0.5, 0.6) is 0 Å². The molecule has 0 unspecified atom stereocenters. The third-order valence-electron chi connectivity index (χ3n) is 1.95. The van der Waals surface area contributed by atoms with Gasteiger partial charge in [-0.3, -0.25) is 0 Å². The summed E-state index contributed by atoms with van der Waals surface area (Å²) in [7, 11) is 0. The Bertz CT molecular complexity index is 100.0. The summed E-state index contributed by atoms with van der Waals surface area (Å²) >= 11 is 0. The number of hydrogen-bond donors (Lipinski definition) is 0. The number of carboxylic acids is 1. The van der Waals surface area contributed by atoms with Gasteiger partial charge in [0.2, 0.25) is 0 Å². The minimum atomic E-state index is -0.961. The zero-order valence-electron chi connectivity index (χ0n) is 8.97. The first-order valence-corrected chi connectivity index (χ1v) is 4.97. The van der Waals surface area contributed by atoms with Gasteiger partial charge in [-0.2, -0.15) is 0 Å². The summed E-state index contributed by atoms with van der Waals surface area (Å²) in [5.41, 5.74) is 0. The van der Waals surface area contributed by atoms with E-state index in [9.17, 15) is 9.90 Å². The van der Waals surface area contributed by atoms with E-state index >= 15 is 0 Å². The first-order chi connectivity index (χ1) is 5.77. The quantitative estimate of drug-likeness (QED) is 0.503. The third kappa shape index (κ3) is 14.9. The molecule has 0 heterocycles. The van der Waals surface area contributed by atoms with Gasteiger partial charge in [0.1, 0.15) is 0 Å². The maximum Gasteiger partial charge on any atom is 1.00 e. The average molecular weight is 178 g/mol. The smallest absolute Gasteiger partial charge is 0.550 e. The SMILES string of the molecule is C1CCCCC1.CCCC(=O)[O-].[Li+]. The summed E-state index contributed by atoms with van der Waals surface area (Å²) in [5.74, 6) is -0.961. The molecular formula is C10H19LiO2. The normalized spacial score (nSPS) is 14.8. The van der Waals surface area contributed by atoms with Crippen LogP contribution in [0, 0.1) is 0 Å². The van der Waals surface area contributed by atoms with Crippen LogP contribution in [0.1, 0.15) is 58.3 Å². The summed E-state index contributed by atoms with van der Waals surface area (Å²) in [5, 5.41) is 9.49. The second-order valence-electron chi connectivity index (χ2n) is 3.24. The predicted octanol–water partition coefficient (Wildman–Crippen LogP) is -1.12. The monoisotopic (exact) mass is 178 g/mol. The molecule has 1 fully saturated rings. The van der Waals surface area contributed by atoms with Gasteiger partial charge in [-0.15, -0.1) is 0 Å². The van der Waals surface area contributed by atoms with Crippen LogP contribution in [0.15, 0.2) is 0 Å². The van der Waals surface area contributed by atoms with E-state index in [2.05, 4.69) is 0 Å². The van der Waals surface area contributed by atoms with Crippen LogP contribution in [0.3, 0.4) is 0 Å². The molecule has 0 bridgehead atoms. The molecule has 0 aromatic rings. The van der Waals surface area contributed by atoms with Crippen molar-refractivity contribution in [1.82, 2.24) is 0 Å². The van der Waals surface area contributed by atoms with E-state index in [1.165, 1.54) is 38.5 Å². The fourth-order valence-electron chi connectivity index (χ4n) is 1.26. The van der Waals surface area contributed by atoms with Crippen LogP contribution in [0.25, 0.3) is 0 Å². The minimum absolute atomic E-state index is 0. The van der Waals surface area contributed by atoms with Gasteiger partial charge in [0, 0.05) is 5.97 Å². The molecule has 1 aliphatic carbocycles. The van der Waals surface area contributed by atoms with Gasteiger partial charge in [0.15, 0.2) is 0 Å². The minimum Gasteiger partial charge on any atom is -0.550 e. The van der Waals surface area contributed by atoms with Crippen molar-refractivity contribution in [3.63, 3.8) is 0 Å². The van der Waals surface area contributed by atoms with Gasteiger partial charge in [-0.05, 0) is 6.42 Å². The molecule has 1 saturated carbocycles. The maximum atomic E-state index is 9.49. The summed E-state index contributed by atoms with van der Waals surface area (Å²) < 4.78 is 0. The Labute approximate surface area is 93.3 Å². The van der Waals surface area contributed by atoms with Crippen molar-refractivity contribution in [3.8, 4) is 0 Å². The molecule has 0 N–H and O–H groups in total. The summed E-state index contributed by atoms with van der Waals surface area (Å²) in [4.78, 5) is 9.49. The van der Waals surface area contributed by atoms with E-state index in [1.807, 2.05) is 0 Å². The first-order valence-electron chi connectivity index (χ1n) is 4.97. The van der Waals surface area contributed by atoms with Crippen molar-refractivity contribution in [1.29, 1.82) is 0 Å². The van der Waals surface area contributed by atoms with E-state index < -0.39 is 5.97 Å². The van der Waals surface area contributed by atoms with E-state index in [0.717, 1.165) is 0 Å². The molecule has 1 rings (SSSR count). The number of carboxylic acid groups (broad SMARTS) is 1. The van der Waals surface area contributed by atoms with Crippen molar-refractivity contribution in [2.45, 2.75) is 58.3 Å². The van der Waals surface area contributed by atoms with E-state index in [0.29, 0.717) is 6.42 Å². The first kappa shape index (κ1) is 15.5. The Hall–Kier alpha value is 0.0674. The van der Waals surface area contributed by atoms with Gasteiger partial charge < -0.3 is 9.90 Å². The predicted molar refractivity (Wildman–Crippen MR) is 47.6 cm³/mol. The molecule has 0 amide bonds. The molecule has 0 aliphatic heterocycles. The Morgan fingerprint density at radius 3 is 1.46 bits per heavy atom. The van der Waals surface area contributed by atoms with Crippen LogP contribution in [0.4, 0.5) is 0 Å². The van der Waals surface area contributed by atoms with Crippen molar-refractivity contribution in [3.05, 3.63) is 0 Å². The van der Waals surface area contributed by atoms with Crippen LogP contribution in [-0.4, -0.2) is 5.97 Å². The molecule has 1 aliphatic rings. The van der Waals surface area contributed by atoms with E-state index in [-0.39, 0.29) is 25.3 Å². The number of carbonyl (C=O) groups is 1. The summed E-state index contributed by atoms with van der Waals surface area (Å²) in [6.45, 7) is 1.80. The second kappa shape index (κ2) is 12.1. The molecule has 13 heavy (non-hydrogen) atoms. The second-order valence-corrected chi connectivity index (χ2v) is 3.24. The fraction of sp³-hybridized carbons (Fsp3) is 0.900. The topological polar surface area (TPSA) is 40.1 Å². The third-order valence-corrected chi connectivity index (χ3v) is 1.95. The molecule has 0 saturated heterocycles. The number of hydrogen-bond acceptors (Lipinski definition) is 2. The Morgan fingerprint density at radius 1 is 1.08 bits per heavy atom. The molecule has 2 nitrogen and oxygen atoms in total. The summed E-state index contributed by atoms with van der Waals surface area (Å²) in [6, 6.07) is 0.